The molecule has 1 aromatic carbocycles. The maximum Gasteiger partial charge on any atom is 0.241 e. The summed E-state index contributed by atoms with van der Waals surface area (Å²) in [6.07, 6.45) is 4.41. The predicted octanol–water partition coefficient (Wildman–Crippen LogP) is 5.57. The fraction of sp³-hybridized carbons (Fsp3) is 0.615. The normalized spacial score (nSPS) is 20.0. The molecular formula is C26H42N4O2Si. The molecule has 2 aromatic rings. The van der Waals surface area contributed by atoms with E-state index < -0.39 is 14.1 Å². The van der Waals surface area contributed by atoms with Gasteiger partial charge in [0.25, 0.3) is 0 Å². The summed E-state index contributed by atoms with van der Waals surface area (Å²) in [5.41, 5.74) is 11.3. The molecule has 0 bridgehead atoms. The van der Waals surface area contributed by atoms with Crippen molar-refractivity contribution in [3.8, 4) is 11.1 Å². The van der Waals surface area contributed by atoms with Crippen molar-refractivity contribution < 1.29 is 9.53 Å². The van der Waals surface area contributed by atoms with E-state index in [0.29, 0.717) is 6.73 Å². The first-order valence-electron chi connectivity index (χ1n) is 12.3. The van der Waals surface area contributed by atoms with Crippen molar-refractivity contribution >= 4 is 19.7 Å². The third kappa shape index (κ3) is 7.01. The number of nitrogens with two attached hydrogens (primary N) is 1. The standard InChI is InChI=1S/C26H42N4O2Si/c1-18-7-9-22(10-8-18)25(27)26(31)28-23-13-11-21(12-14-23)24-19(2)29-30(20(24)3)17-32-15-16-33(4,5)6/h11-14,18,22,25H,7-10,15-17,27H2,1-6H3,(H,28,31)/t18?,22?,25-/m0/s1. The highest BCUT2D eigenvalue weighted by atomic mass is 28.3. The molecule has 3 rings (SSSR count). The van der Waals surface area contributed by atoms with E-state index in [-0.39, 0.29) is 11.8 Å². The van der Waals surface area contributed by atoms with Gasteiger partial charge in [0.1, 0.15) is 6.73 Å². The lowest BCUT2D eigenvalue weighted by atomic mass is 9.79. The monoisotopic (exact) mass is 470 g/mol. The summed E-state index contributed by atoms with van der Waals surface area (Å²) >= 11 is 0. The third-order valence-electron chi connectivity index (χ3n) is 6.90. The van der Waals surface area contributed by atoms with Gasteiger partial charge < -0.3 is 15.8 Å². The summed E-state index contributed by atoms with van der Waals surface area (Å²) in [7, 11) is -1.10. The largest absolute Gasteiger partial charge is 0.360 e. The summed E-state index contributed by atoms with van der Waals surface area (Å²) in [6.45, 7) is 14.7. The van der Waals surface area contributed by atoms with Crippen molar-refractivity contribution in [3.05, 3.63) is 35.7 Å². The van der Waals surface area contributed by atoms with E-state index in [1.165, 1.54) is 0 Å². The summed E-state index contributed by atoms with van der Waals surface area (Å²) in [6, 6.07) is 8.68. The van der Waals surface area contributed by atoms with Crippen molar-refractivity contribution in [1.29, 1.82) is 0 Å². The lowest BCUT2D eigenvalue weighted by Crippen LogP contribution is -2.43. The molecule has 1 amide bonds. The van der Waals surface area contributed by atoms with E-state index in [0.717, 1.165) is 72.5 Å². The summed E-state index contributed by atoms with van der Waals surface area (Å²) < 4.78 is 7.84. The second-order valence-electron chi connectivity index (χ2n) is 11.0. The fourth-order valence-corrected chi connectivity index (χ4v) is 5.33. The number of aryl methyl sites for hydroxylation is 1. The number of anilines is 1. The smallest absolute Gasteiger partial charge is 0.241 e. The number of hydrogen-bond donors (Lipinski definition) is 2. The van der Waals surface area contributed by atoms with Crippen LogP contribution < -0.4 is 11.1 Å². The number of rotatable bonds is 9. The Kier molecular flexibility index (Phi) is 8.53. The number of amides is 1. The van der Waals surface area contributed by atoms with E-state index in [2.05, 4.69) is 43.9 Å². The maximum absolute atomic E-state index is 12.7. The van der Waals surface area contributed by atoms with Crippen LogP contribution in [0.5, 0.6) is 0 Å². The lowest BCUT2D eigenvalue weighted by molar-refractivity contribution is -0.118. The molecule has 6 nitrogen and oxygen atoms in total. The maximum atomic E-state index is 12.7. The highest BCUT2D eigenvalue weighted by molar-refractivity contribution is 6.76. The van der Waals surface area contributed by atoms with Crippen molar-refractivity contribution in [1.82, 2.24) is 9.78 Å². The highest BCUT2D eigenvalue weighted by Gasteiger charge is 2.28. The SMILES string of the molecule is Cc1nn(COCC[Si](C)(C)C)c(C)c1-c1ccc(NC(=O)[C@@H](N)C2CCC(C)CC2)cc1. The van der Waals surface area contributed by atoms with Crippen LogP contribution in [0.25, 0.3) is 11.1 Å². The van der Waals surface area contributed by atoms with Crippen LogP contribution in [0.2, 0.25) is 25.7 Å². The van der Waals surface area contributed by atoms with Crippen LogP contribution in [0.15, 0.2) is 24.3 Å². The number of hydrogen-bond acceptors (Lipinski definition) is 4. The van der Waals surface area contributed by atoms with Gasteiger partial charge in [0, 0.05) is 31.6 Å². The molecule has 7 heteroatoms. The van der Waals surface area contributed by atoms with E-state index in [9.17, 15) is 4.79 Å². The van der Waals surface area contributed by atoms with Crippen molar-refractivity contribution in [2.24, 2.45) is 17.6 Å². The molecule has 0 spiro atoms. The first-order chi connectivity index (χ1) is 15.5. The molecule has 3 N–H and O–H groups in total. The Hall–Kier alpha value is -1.96. The Bertz CT molecular complexity index is 925. The molecule has 1 fully saturated rings. The Balaban J connectivity index is 1.60. The predicted molar refractivity (Wildman–Crippen MR) is 139 cm³/mol. The van der Waals surface area contributed by atoms with Gasteiger partial charge in [-0.3, -0.25) is 4.79 Å². The molecule has 33 heavy (non-hydrogen) atoms. The lowest BCUT2D eigenvalue weighted by Gasteiger charge is -2.29. The van der Waals surface area contributed by atoms with Gasteiger partial charge >= 0.3 is 0 Å². The molecule has 1 aliphatic carbocycles. The molecule has 1 atom stereocenters. The van der Waals surface area contributed by atoms with Gasteiger partial charge in [0.15, 0.2) is 0 Å². The van der Waals surface area contributed by atoms with Gasteiger partial charge in [-0.2, -0.15) is 5.10 Å². The van der Waals surface area contributed by atoms with Gasteiger partial charge in [-0.15, -0.1) is 0 Å². The third-order valence-corrected chi connectivity index (χ3v) is 8.61. The van der Waals surface area contributed by atoms with Crippen molar-refractivity contribution in [3.63, 3.8) is 0 Å². The van der Waals surface area contributed by atoms with Gasteiger partial charge in [-0.25, -0.2) is 4.68 Å². The number of carbonyl (C=O) groups is 1. The zero-order valence-corrected chi connectivity index (χ0v) is 22.3. The average molecular weight is 471 g/mol. The van der Waals surface area contributed by atoms with Crippen LogP contribution in [0.4, 0.5) is 5.69 Å². The van der Waals surface area contributed by atoms with Gasteiger partial charge in [0.2, 0.25) is 5.91 Å². The zero-order chi connectivity index (χ0) is 24.2. The Morgan fingerprint density at radius 1 is 1.18 bits per heavy atom. The minimum Gasteiger partial charge on any atom is -0.360 e. The quantitative estimate of drug-likeness (QED) is 0.371. The first kappa shape index (κ1) is 25.7. The number of aromatic nitrogens is 2. The molecule has 182 valence electrons. The Morgan fingerprint density at radius 3 is 2.42 bits per heavy atom. The van der Waals surface area contributed by atoms with E-state index in [4.69, 9.17) is 10.5 Å². The molecule has 0 saturated heterocycles. The number of carbonyl (C=O) groups excluding carboxylic acids is 1. The van der Waals surface area contributed by atoms with Crippen LogP contribution in [0.3, 0.4) is 0 Å². The summed E-state index contributed by atoms with van der Waals surface area (Å²) in [4.78, 5) is 12.7. The minimum atomic E-state index is -1.10. The first-order valence-corrected chi connectivity index (χ1v) is 16.0. The molecule has 1 aromatic heterocycles. The van der Waals surface area contributed by atoms with Crippen LogP contribution in [-0.4, -0.2) is 36.4 Å². The van der Waals surface area contributed by atoms with Crippen LogP contribution in [0.1, 0.15) is 44.0 Å². The second-order valence-corrected chi connectivity index (χ2v) is 16.6. The van der Waals surface area contributed by atoms with E-state index in [1.807, 2.05) is 35.9 Å². The number of nitrogens with zero attached hydrogens (tertiary/aromatic N) is 2. The zero-order valence-electron chi connectivity index (χ0n) is 21.3. The van der Waals surface area contributed by atoms with E-state index in [1.54, 1.807) is 0 Å². The van der Waals surface area contributed by atoms with E-state index >= 15 is 0 Å². The van der Waals surface area contributed by atoms with Crippen LogP contribution in [0, 0.1) is 25.7 Å². The second kappa shape index (κ2) is 11.0. The van der Waals surface area contributed by atoms with Crippen LogP contribution in [-0.2, 0) is 16.3 Å². The Morgan fingerprint density at radius 2 is 1.82 bits per heavy atom. The van der Waals surface area contributed by atoms with Gasteiger partial charge in [-0.05, 0) is 62.3 Å². The van der Waals surface area contributed by atoms with Gasteiger partial charge in [-0.1, -0.05) is 51.5 Å². The summed E-state index contributed by atoms with van der Waals surface area (Å²) in [5.74, 6) is 0.944. The molecule has 1 aliphatic rings. The van der Waals surface area contributed by atoms with Crippen molar-refractivity contribution in [2.45, 2.75) is 84.9 Å². The molecule has 0 aliphatic heterocycles. The molecule has 0 unspecified atom stereocenters. The topological polar surface area (TPSA) is 82.2 Å². The van der Waals surface area contributed by atoms with Gasteiger partial charge in [0.05, 0.1) is 11.7 Å². The van der Waals surface area contributed by atoms with Crippen molar-refractivity contribution in [2.75, 3.05) is 11.9 Å². The molecule has 1 heterocycles. The average Bonchev–Trinajstić information content (AvgIpc) is 3.04. The fourth-order valence-electron chi connectivity index (χ4n) is 4.57. The molecule has 1 saturated carbocycles. The summed E-state index contributed by atoms with van der Waals surface area (Å²) in [5, 5.41) is 7.70. The van der Waals surface area contributed by atoms with Crippen LogP contribution >= 0.6 is 0 Å². The number of nitrogens with one attached hydrogen (secondary N) is 1. The number of benzene rings is 1. The minimum absolute atomic E-state index is 0.0852. The Labute approximate surface area is 200 Å². The highest BCUT2D eigenvalue weighted by Crippen LogP contribution is 2.31. The number of ether oxygens (including phenoxy) is 1. The molecular weight excluding hydrogens is 428 g/mol. The molecule has 0 radical (unpaired) electrons.